The summed E-state index contributed by atoms with van der Waals surface area (Å²) in [5.74, 6) is -0.736. The van der Waals surface area contributed by atoms with Crippen molar-refractivity contribution in [2.24, 2.45) is 5.92 Å². The molecule has 1 atom stereocenters. The molecule has 0 saturated heterocycles. The summed E-state index contributed by atoms with van der Waals surface area (Å²) in [6.45, 7) is 4.30. The maximum atomic E-state index is 13.0. The molecule has 3 aromatic rings. The number of rotatable bonds is 5. The molecule has 0 fully saturated rings. The number of hydrogen-bond acceptors (Lipinski definition) is 5. The number of carbonyl (C=O) groups is 2. The second kappa shape index (κ2) is 9.01. The molecule has 10 heteroatoms. The summed E-state index contributed by atoms with van der Waals surface area (Å²) in [5, 5.41) is 8.88. The molecule has 2 aliphatic rings. The zero-order valence-electron chi connectivity index (χ0n) is 19.5. The first kappa shape index (κ1) is 24.5. The van der Waals surface area contributed by atoms with Crippen LogP contribution in [0.4, 0.5) is 13.2 Å². The number of carbonyl (C=O) groups excluding carboxylic acids is 2. The molecular weight excluding hydrogens is 538 g/mol. The van der Waals surface area contributed by atoms with Crippen molar-refractivity contribution in [2.75, 3.05) is 0 Å². The van der Waals surface area contributed by atoms with E-state index in [4.69, 9.17) is 4.74 Å². The van der Waals surface area contributed by atoms with Gasteiger partial charge < -0.3 is 0 Å². The van der Waals surface area contributed by atoms with Gasteiger partial charge in [-0.3, -0.25) is 0 Å². The van der Waals surface area contributed by atoms with Crippen LogP contribution in [0.15, 0.2) is 60.3 Å². The van der Waals surface area contributed by atoms with Gasteiger partial charge in [0.15, 0.2) is 0 Å². The van der Waals surface area contributed by atoms with Crippen LogP contribution in [0, 0.1) is 5.92 Å². The van der Waals surface area contributed by atoms with Crippen LogP contribution in [0.2, 0.25) is 0 Å². The van der Waals surface area contributed by atoms with Crippen molar-refractivity contribution in [3.8, 4) is 0 Å². The van der Waals surface area contributed by atoms with Crippen molar-refractivity contribution in [2.45, 2.75) is 43.9 Å². The summed E-state index contributed by atoms with van der Waals surface area (Å²) in [6, 6.07) is 12.3. The summed E-state index contributed by atoms with van der Waals surface area (Å²) in [4.78, 5) is 25.5. The molecule has 1 aliphatic heterocycles. The third-order valence-corrected chi connectivity index (χ3v) is 8.67. The standard InChI is InChI=1S/C26H22F3N3O3Se/c1-25(2)16(11-21-23(34)22(33)19-8-3-4-9-20(19)24(21)35-25)12-32-13-17(30-31-32)14-36-18-7-5-6-15(10-18)26(27,28)29/h3-10,13,16H,11-12,14H2,1-2H3. The van der Waals surface area contributed by atoms with Crippen molar-refractivity contribution in [3.63, 3.8) is 0 Å². The molecule has 0 amide bonds. The molecule has 5 rings (SSSR count). The van der Waals surface area contributed by atoms with Gasteiger partial charge in [-0.2, -0.15) is 0 Å². The number of alkyl halides is 3. The van der Waals surface area contributed by atoms with Gasteiger partial charge in [0.25, 0.3) is 0 Å². The van der Waals surface area contributed by atoms with Crippen molar-refractivity contribution < 1.29 is 27.5 Å². The number of ketones is 2. The molecule has 0 N–H and O–H groups in total. The second-order valence-corrected chi connectivity index (χ2v) is 11.6. The summed E-state index contributed by atoms with van der Waals surface area (Å²) < 4.78 is 47.5. The van der Waals surface area contributed by atoms with Crippen LogP contribution in [0.3, 0.4) is 0 Å². The molecule has 0 bridgehead atoms. The van der Waals surface area contributed by atoms with Crippen LogP contribution in [0.25, 0.3) is 5.76 Å². The monoisotopic (exact) mass is 561 g/mol. The van der Waals surface area contributed by atoms with Crippen LogP contribution in [-0.2, 0) is 27.6 Å². The number of benzene rings is 2. The molecule has 6 nitrogen and oxygen atoms in total. The SMILES string of the molecule is CC1(C)OC2=C(CC1Cn1cc(C[Se]c3cccc(C(F)(F)F)c3)nn1)C(=O)C(=O)c1ccccc12. The third kappa shape index (κ3) is 4.63. The van der Waals surface area contributed by atoms with E-state index in [0.717, 1.165) is 6.07 Å². The van der Waals surface area contributed by atoms with Gasteiger partial charge in [-0.1, -0.05) is 6.07 Å². The maximum absolute atomic E-state index is 13.0. The van der Waals surface area contributed by atoms with Gasteiger partial charge in [0, 0.05) is 0 Å². The summed E-state index contributed by atoms with van der Waals surface area (Å²) in [7, 11) is 0. The Kier molecular flexibility index (Phi) is 6.12. The number of ether oxygens (including phenoxy) is 1. The average Bonchev–Trinajstić information content (AvgIpc) is 3.29. The first-order chi connectivity index (χ1) is 17.0. The van der Waals surface area contributed by atoms with Crippen molar-refractivity contribution in [1.29, 1.82) is 0 Å². The number of halogens is 3. The fourth-order valence-corrected chi connectivity index (χ4v) is 6.21. The number of allylic oxidation sites excluding steroid dienone is 1. The fourth-order valence-electron chi connectivity index (χ4n) is 4.47. The van der Waals surface area contributed by atoms with Gasteiger partial charge in [-0.05, 0) is 0 Å². The van der Waals surface area contributed by atoms with E-state index in [1.807, 2.05) is 19.9 Å². The van der Waals surface area contributed by atoms with Crippen LogP contribution >= 0.6 is 0 Å². The van der Waals surface area contributed by atoms with Crippen molar-refractivity contribution >= 4 is 36.7 Å². The summed E-state index contributed by atoms with van der Waals surface area (Å²) in [5.41, 5.74) is 0.774. The van der Waals surface area contributed by atoms with E-state index >= 15 is 0 Å². The van der Waals surface area contributed by atoms with Gasteiger partial charge in [-0.15, -0.1) is 0 Å². The number of hydrogen-bond donors (Lipinski definition) is 0. The van der Waals surface area contributed by atoms with Gasteiger partial charge in [0.05, 0.1) is 0 Å². The summed E-state index contributed by atoms with van der Waals surface area (Å²) >= 11 is -0.239. The van der Waals surface area contributed by atoms with Gasteiger partial charge in [-0.25, -0.2) is 0 Å². The molecule has 0 radical (unpaired) electrons. The first-order valence-electron chi connectivity index (χ1n) is 11.3. The van der Waals surface area contributed by atoms with Crippen molar-refractivity contribution in [1.82, 2.24) is 15.0 Å². The predicted molar refractivity (Wildman–Crippen MR) is 127 cm³/mol. The second-order valence-electron chi connectivity index (χ2n) is 9.36. The topological polar surface area (TPSA) is 74.1 Å². The molecule has 2 aromatic carbocycles. The van der Waals surface area contributed by atoms with Gasteiger partial charge in [0.1, 0.15) is 0 Å². The number of fused-ring (bicyclic) bond motifs is 2. The molecule has 1 aliphatic carbocycles. The average molecular weight is 560 g/mol. The molecule has 1 aromatic heterocycles. The van der Waals surface area contributed by atoms with E-state index in [0.29, 0.717) is 50.9 Å². The van der Waals surface area contributed by atoms with E-state index < -0.39 is 28.9 Å². The van der Waals surface area contributed by atoms with E-state index in [9.17, 15) is 22.8 Å². The quantitative estimate of drug-likeness (QED) is 0.351. The zero-order chi connectivity index (χ0) is 25.7. The Morgan fingerprint density at radius 3 is 2.58 bits per heavy atom. The number of nitrogens with zero attached hydrogens (tertiary/aromatic N) is 3. The van der Waals surface area contributed by atoms with E-state index in [-0.39, 0.29) is 20.9 Å². The van der Waals surface area contributed by atoms with Crippen LogP contribution < -0.4 is 4.46 Å². The van der Waals surface area contributed by atoms with Crippen LogP contribution in [-0.4, -0.2) is 47.1 Å². The van der Waals surface area contributed by atoms with E-state index in [2.05, 4.69) is 10.3 Å². The Bertz CT molecular complexity index is 1390. The van der Waals surface area contributed by atoms with Gasteiger partial charge in [0.2, 0.25) is 0 Å². The molecule has 2 heterocycles. The Morgan fingerprint density at radius 1 is 1.08 bits per heavy atom. The molecular formula is C26H22F3N3O3Se. The van der Waals surface area contributed by atoms with Crippen LogP contribution in [0.1, 0.15) is 47.4 Å². The van der Waals surface area contributed by atoms with Gasteiger partial charge >= 0.3 is 206 Å². The third-order valence-electron chi connectivity index (χ3n) is 6.51. The number of aromatic nitrogens is 3. The van der Waals surface area contributed by atoms with E-state index in [1.54, 1.807) is 35.1 Å². The van der Waals surface area contributed by atoms with Crippen molar-refractivity contribution in [3.05, 3.63) is 82.7 Å². The first-order valence-corrected chi connectivity index (χ1v) is 13.4. The van der Waals surface area contributed by atoms with Crippen LogP contribution in [0.5, 0.6) is 0 Å². The molecule has 0 spiro atoms. The molecule has 1 unspecified atom stereocenters. The Hall–Kier alpha value is -3.23. The Morgan fingerprint density at radius 2 is 1.83 bits per heavy atom. The normalized spacial score (nSPS) is 19.1. The molecule has 36 heavy (non-hydrogen) atoms. The molecule has 0 saturated carbocycles. The summed E-state index contributed by atoms with van der Waals surface area (Å²) in [6.07, 6.45) is -2.23. The number of Topliss-reactive ketones (excluding diaryl/α,β-unsaturated/α-hetero) is 2. The minimum absolute atomic E-state index is 0.151. The minimum atomic E-state index is -4.37. The fraction of sp³-hybridized carbons (Fsp3) is 0.308. The molecule has 186 valence electrons. The zero-order valence-corrected chi connectivity index (χ0v) is 21.2. The van der Waals surface area contributed by atoms with E-state index in [1.165, 1.54) is 12.1 Å². The Labute approximate surface area is 211 Å². The Balaban J connectivity index is 1.30. The predicted octanol–water partition coefficient (Wildman–Crippen LogP) is 3.82.